The highest BCUT2D eigenvalue weighted by molar-refractivity contribution is 7.89. The van der Waals surface area contributed by atoms with E-state index >= 15 is 0 Å². The summed E-state index contributed by atoms with van der Waals surface area (Å²) in [6.07, 6.45) is 4.09. The first-order valence-corrected chi connectivity index (χ1v) is 9.66. The van der Waals surface area contributed by atoms with Crippen LogP contribution in [0.15, 0.2) is 0 Å². The minimum Gasteiger partial charge on any atom is -0.342 e. The Hall–Kier alpha value is -0.660. The SMILES string of the molecule is CCCS(=O)(=O)NC1CCN(C(=O)C2CCCNC2)CC1. The number of nitrogens with zero attached hydrogens (tertiary/aromatic N) is 1. The van der Waals surface area contributed by atoms with Crippen LogP contribution in [-0.4, -0.2) is 57.2 Å². The molecule has 1 amide bonds. The molecule has 2 fully saturated rings. The van der Waals surface area contributed by atoms with Gasteiger partial charge in [-0.3, -0.25) is 4.79 Å². The predicted octanol–water partition coefficient (Wildman–Crippen LogP) is 0.306. The summed E-state index contributed by atoms with van der Waals surface area (Å²) in [7, 11) is -3.15. The smallest absolute Gasteiger partial charge is 0.226 e. The summed E-state index contributed by atoms with van der Waals surface area (Å²) in [5, 5.41) is 3.27. The summed E-state index contributed by atoms with van der Waals surface area (Å²) < 4.78 is 26.3. The van der Waals surface area contributed by atoms with E-state index in [0.717, 1.165) is 38.8 Å². The van der Waals surface area contributed by atoms with Gasteiger partial charge in [0.2, 0.25) is 15.9 Å². The largest absolute Gasteiger partial charge is 0.342 e. The Balaban J connectivity index is 1.78. The van der Waals surface area contributed by atoms with E-state index < -0.39 is 10.0 Å². The number of carbonyl (C=O) groups is 1. The summed E-state index contributed by atoms with van der Waals surface area (Å²) in [6.45, 7) is 4.97. The second-order valence-corrected chi connectivity index (χ2v) is 7.95. The lowest BCUT2D eigenvalue weighted by molar-refractivity contribution is -0.137. The van der Waals surface area contributed by atoms with Crippen molar-refractivity contribution in [2.75, 3.05) is 31.9 Å². The molecule has 6 nitrogen and oxygen atoms in total. The van der Waals surface area contributed by atoms with E-state index in [0.29, 0.717) is 19.5 Å². The van der Waals surface area contributed by atoms with Crippen LogP contribution in [0.2, 0.25) is 0 Å². The maximum absolute atomic E-state index is 12.4. The maximum atomic E-state index is 12.4. The monoisotopic (exact) mass is 317 g/mol. The molecule has 0 bridgehead atoms. The number of nitrogens with one attached hydrogen (secondary N) is 2. The maximum Gasteiger partial charge on any atom is 0.226 e. The van der Waals surface area contributed by atoms with Crippen LogP contribution in [0.4, 0.5) is 0 Å². The van der Waals surface area contributed by atoms with Gasteiger partial charge in [0.05, 0.1) is 11.7 Å². The molecule has 1 unspecified atom stereocenters. The van der Waals surface area contributed by atoms with Crippen molar-refractivity contribution < 1.29 is 13.2 Å². The third-order valence-corrected chi connectivity index (χ3v) is 5.91. The zero-order valence-electron chi connectivity index (χ0n) is 12.8. The summed E-state index contributed by atoms with van der Waals surface area (Å²) in [5.74, 6) is 0.518. The van der Waals surface area contributed by atoms with E-state index in [4.69, 9.17) is 0 Å². The molecule has 2 aliphatic rings. The molecule has 0 spiro atoms. The molecule has 21 heavy (non-hydrogen) atoms. The Morgan fingerprint density at radius 2 is 2.00 bits per heavy atom. The van der Waals surface area contributed by atoms with Gasteiger partial charge in [-0.25, -0.2) is 13.1 Å². The Morgan fingerprint density at radius 3 is 2.57 bits per heavy atom. The number of carbonyl (C=O) groups excluding carboxylic acids is 1. The van der Waals surface area contributed by atoms with E-state index in [1.807, 2.05) is 11.8 Å². The molecular weight excluding hydrogens is 290 g/mol. The fourth-order valence-electron chi connectivity index (χ4n) is 3.12. The zero-order chi connectivity index (χ0) is 15.3. The van der Waals surface area contributed by atoms with Crippen molar-refractivity contribution in [2.24, 2.45) is 5.92 Å². The van der Waals surface area contributed by atoms with Crippen molar-refractivity contribution in [2.45, 2.75) is 45.1 Å². The van der Waals surface area contributed by atoms with Crippen molar-refractivity contribution in [3.63, 3.8) is 0 Å². The number of hydrogen-bond acceptors (Lipinski definition) is 4. The average Bonchev–Trinajstić information content (AvgIpc) is 2.48. The Morgan fingerprint density at radius 1 is 1.29 bits per heavy atom. The van der Waals surface area contributed by atoms with Gasteiger partial charge < -0.3 is 10.2 Å². The minimum atomic E-state index is -3.15. The first-order chi connectivity index (χ1) is 10.0. The quantitative estimate of drug-likeness (QED) is 0.765. The van der Waals surface area contributed by atoms with Gasteiger partial charge in [0.1, 0.15) is 0 Å². The third kappa shape index (κ3) is 4.93. The van der Waals surface area contributed by atoms with Gasteiger partial charge in [-0.1, -0.05) is 6.92 Å². The second-order valence-electron chi connectivity index (χ2n) is 6.08. The molecule has 2 heterocycles. The molecule has 0 saturated carbocycles. The van der Waals surface area contributed by atoms with Crippen LogP contribution in [0.25, 0.3) is 0 Å². The van der Waals surface area contributed by atoms with Crippen LogP contribution in [0.3, 0.4) is 0 Å². The lowest BCUT2D eigenvalue weighted by Gasteiger charge is -2.35. The first-order valence-electron chi connectivity index (χ1n) is 8.01. The highest BCUT2D eigenvalue weighted by Gasteiger charge is 2.30. The van der Waals surface area contributed by atoms with Crippen molar-refractivity contribution in [3.8, 4) is 0 Å². The number of amides is 1. The molecule has 0 aromatic heterocycles. The van der Waals surface area contributed by atoms with Crippen LogP contribution in [-0.2, 0) is 14.8 Å². The summed E-state index contributed by atoms with van der Waals surface area (Å²) >= 11 is 0. The first kappa shape index (κ1) is 16.7. The topological polar surface area (TPSA) is 78.5 Å². The summed E-state index contributed by atoms with van der Waals surface area (Å²) in [4.78, 5) is 14.3. The molecule has 7 heteroatoms. The van der Waals surface area contributed by atoms with Gasteiger partial charge in [-0.2, -0.15) is 0 Å². The second kappa shape index (κ2) is 7.56. The van der Waals surface area contributed by atoms with Gasteiger partial charge in [0, 0.05) is 25.7 Å². The van der Waals surface area contributed by atoms with Crippen molar-refractivity contribution in [3.05, 3.63) is 0 Å². The lowest BCUT2D eigenvalue weighted by atomic mass is 9.96. The van der Waals surface area contributed by atoms with Crippen LogP contribution < -0.4 is 10.0 Å². The molecule has 0 aliphatic carbocycles. The average molecular weight is 317 g/mol. The van der Waals surface area contributed by atoms with Crippen LogP contribution in [0, 0.1) is 5.92 Å². The molecule has 0 aromatic carbocycles. The Bertz CT molecular complexity index is 438. The van der Waals surface area contributed by atoms with Crippen molar-refractivity contribution in [1.82, 2.24) is 14.9 Å². The van der Waals surface area contributed by atoms with Gasteiger partial charge in [-0.15, -0.1) is 0 Å². The van der Waals surface area contributed by atoms with Gasteiger partial charge in [-0.05, 0) is 38.6 Å². The van der Waals surface area contributed by atoms with Gasteiger partial charge in [0.15, 0.2) is 0 Å². The molecule has 2 rings (SSSR count). The lowest BCUT2D eigenvalue weighted by Crippen LogP contribution is -2.50. The molecule has 2 saturated heterocycles. The molecule has 0 aromatic rings. The number of likely N-dealkylation sites (tertiary alicyclic amines) is 1. The van der Waals surface area contributed by atoms with Crippen LogP contribution >= 0.6 is 0 Å². The Labute approximate surface area is 127 Å². The fraction of sp³-hybridized carbons (Fsp3) is 0.929. The fourth-order valence-corrected chi connectivity index (χ4v) is 4.52. The number of piperidine rings is 2. The van der Waals surface area contributed by atoms with E-state index in [-0.39, 0.29) is 23.6 Å². The van der Waals surface area contributed by atoms with Crippen LogP contribution in [0.1, 0.15) is 39.0 Å². The Kier molecular flexibility index (Phi) is 6.01. The molecule has 122 valence electrons. The highest BCUT2D eigenvalue weighted by atomic mass is 32.2. The van der Waals surface area contributed by atoms with Crippen LogP contribution in [0.5, 0.6) is 0 Å². The standard InChI is InChI=1S/C14H27N3O3S/c1-2-10-21(19,20)16-13-5-8-17(9-6-13)14(18)12-4-3-7-15-11-12/h12-13,15-16H,2-11H2,1H3. The summed E-state index contributed by atoms with van der Waals surface area (Å²) in [6, 6.07) is -0.0184. The van der Waals surface area contributed by atoms with Gasteiger partial charge in [0.25, 0.3) is 0 Å². The molecular formula is C14H27N3O3S. The molecule has 0 radical (unpaired) electrons. The van der Waals surface area contributed by atoms with Crippen molar-refractivity contribution in [1.29, 1.82) is 0 Å². The van der Waals surface area contributed by atoms with Gasteiger partial charge >= 0.3 is 0 Å². The number of sulfonamides is 1. The third-order valence-electron chi connectivity index (χ3n) is 4.27. The highest BCUT2D eigenvalue weighted by Crippen LogP contribution is 2.18. The molecule has 1 atom stereocenters. The summed E-state index contributed by atoms with van der Waals surface area (Å²) in [5.41, 5.74) is 0. The number of hydrogen-bond donors (Lipinski definition) is 2. The van der Waals surface area contributed by atoms with E-state index in [9.17, 15) is 13.2 Å². The van der Waals surface area contributed by atoms with Crippen molar-refractivity contribution >= 4 is 15.9 Å². The van der Waals surface area contributed by atoms with E-state index in [1.165, 1.54) is 0 Å². The van der Waals surface area contributed by atoms with E-state index in [2.05, 4.69) is 10.0 Å². The molecule has 2 N–H and O–H groups in total. The van der Waals surface area contributed by atoms with E-state index in [1.54, 1.807) is 0 Å². The predicted molar refractivity (Wildman–Crippen MR) is 82.4 cm³/mol. The normalized spacial score (nSPS) is 25.0. The zero-order valence-corrected chi connectivity index (χ0v) is 13.6. The minimum absolute atomic E-state index is 0.0184. The molecule has 2 aliphatic heterocycles. The number of rotatable bonds is 5.